The maximum Gasteiger partial charge on any atom is 0.338 e. The van der Waals surface area contributed by atoms with E-state index >= 15 is 0 Å². The van der Waals surface area contributed by atoms with Gasteiger partial charge in [0.1, 0.15) is 12.4 Å². The summed E-state index contributed by atoms with van der Waals surface area (Å²) < 4.78 is 15.7. The highest BCUT2D eigenvalue weighted by molar-refractivity contribution is 5.91. The van der Waals surface area contributed by atoms with Crippen LogP contribution in [0.1, 0.15) is 23.2 Å². The number of hydrogen-bond donors (Lipinski definition) is 1. The van der Waals surface area contributed by atoms with E-state index in [0.717, 1.165) is 19.4 Å². The number of carbonyl (C=O) groups excluding carboxylic acids is 2. The SMILES string of the molecule is NC(=O)COC(=O)c1ccc(OC[C@@H]2CCCO2)cc1. The van der Waals surface area contributed by atoms with Crippen molar-refractivity contribution >= 4 is 11.9 Å². The maximum absolute atomic E-state index is 11.5. The molecule has 1 aliphatic heterocycles. The summed E-state index contributed by atoms with van der Waals surface area (Å²) in [5, 5.41) is 0. The zero-order chi connectivity index (χ0) is 14.4. The van der Waals surface area contributed by atoms with Crippen LogP contribution in [0.5, 0.6) is 5.75 Å². The van der Waals surface area contributed by atoms with Crippen LogP contribution < -0.4 is 10.5 Å². The third-order valence-electron chi connectivity index (χ3n) is 2.90. The van der Waals surface area contributed by atoms with Crippen molar-refractivity contribution in [2.75, 3.05) is 19.8 Å². The molecule has 1 fully saturated rings. The van der Waals surface area contributed by atoms with Gasteiger partial charge in [0.05, 0.1) is 11.7 Å². The van der Waals surface area contributed by atoms with Crippen LogP contribution in [0.25, 0.3) is 0 Å². The topological polar surface area (TPSA) is 87.9 Å². The van der Waals surface area contributed by atoms with E-state index < -0.39 is 18.5 Å². The number of rotatable bonds is 6. The number of benzene rings is 1. The van der Waals surface area contributed by atoms with Gasteiger partial charge in [0.2, 0.25) is 0 Å². The van der Waals surface area contributed by atoms with Crippen molar-refractivity contribution in [3.63, 3.8) is 0 Å². The van der Waals surface area contributed by atoms with Crippen molar-refractivity contribution < 1.29 is 23.8 Å². The minimum absolute atomic E-state index is 0.148. The molecule has 1 atom stereocenters. The highest BCUT2D eigenvalue weighted by atomic mass is 16.5. The third-order valence-corrected chi connectivity index (χ3v) is 2.90. The van der Waals surface area contributed by atoms with E-state index in [9.17, 15) is 9.59 Å². The summed E-state index contributed by atoms with van der Waals surface area (Å²) in [7, 11) is 0. The summed E-state index contributed by atoms with van der Waals surface area (Å²) >= 11 is 0. The minimum Gasteiger partial charge on any atom is -0.491 e. The fraction of sp³-hybridized carbons (Fsp3) is 0.429. The van der Waals surface area contributed by atoms with Crippen LogP contribution in [0.2, 0.25) is 0 Å². The van der Waals surface area contributed by atoms with Gasteiger partial charge in [-0.1, -0.05) is 0 Å². The molecule has 2 rings (SSSR count). The zero-order valence-electron chi connectivity index (χ0n) is 11.0. The molecule has 108 valence electrons. The molecule has 0 unspecified atom stereocenters. The molecular weight excluding hydrogens is 262 g/mol. The molecule has 6 heteroatoms. The maximum atomic E-state index is 11.5. The predicted octanol–water partition coefficient (Wildman–Crippen LogP) is 0.886. The number of hydrogen-bond acceptors (Lipinski definition) is 5. The molecule has 0 radical (unpaired) electrons. The lowest BCUT2D eigenvalue weighted by Gasteiger charge is -2.11. The van der Waals surface area contributed by atoms with Crippen molar-refractivity contribution in [2.24, 2.45) is 5.73 Å². The summed E-state index contributed by atoms with van der Waals surface area (Å²) in [5.74, 6) is -0.615. The second kappa shape index (κ2) is 6.91. The van der Waals surface area contributed by atoms with Gasteiger partial charge < -0.3 is 19.9 Å². The fourth-order valence-electron chi connectivity index (χ4n) is 1.87. The molecule has 0 spiro atoms. The van der Waals surface area contributed by atoms with E-state index in [1.807, 2.05) is 0 Å². The van der Waals surface area contributed by atoms with Gasteiger partial charge in [-0.2, -0.15) is 0 Å². The molecular formula is C14H17NO5. The molecule has 2 N–H and O–H groups in total. The van der Waals surface area contributed by atoms with Crippen molar-refractivity contribution in [3.05, 3.63) is 29.8 Å². The first-order valence-corrected chi connectivity index (χ1v) is 6.45. The summed E-state index contributed by atoms with van der Waals surface area (Å²) in [4.78, 5) is 22.0. The first kappa shape index (κ1) is 14.3. The molecule has 0 aliphatic carbocycles. The molecule has 20 heavy (non-hydrogen) atoms. The quantitative estimate of drug-likeness (QED) is 0.781. The van der Waals surface area contributed by atoms with Gasteiger partial charge in [-0.15, -0.1) is 0 Å². The Labute approximate surface area is 116 Å². The number of nitrogens with two attached hydrogens (primary N) is 1. The second-order valence-corrected chi connectivity index (χ2v) is 4.51. The lowest BCUT2D eigenvalue weighted by atomic mass is 10.2. The molecule has 0 bridgehead atoms. The van der Waals surface area contributed by atoms with Gasteiger partial charge in [0, 0.05) is 6.61 Å². The zero-order valence-corrected chi connectivity index (χ0v) is 11.0. The molecule has 1 saturated heterocycles. The highest BCUT2D eigenvalue weighted by Gasteiger charge is 2.16. The first-order valence-electron chi connectivity index (χ1n) is 6.45. The molecule has 1 aromatic rings. The van der Waals surface area contributed by atoms with Crippen LogP contribution in [0.4, 0.5) is 0 Å². The Hall–Kier alpha value is -2.08. The van der Waals surface area contributed by atoms with Crippen molar-refractivity contribution in [3.8, 4) is 5.75 Å². The van der Waals surface area contributed by atoms with Crippen LogP contribution in [0, 0.1) is 0 Å². The highest BCUT2D eigenvalue weighted by Crippen LogP contribution is 2.16. The number of ether oxygens (including phenoxy) is 3. The van der Waals surface area contributed by atoms with Crippen molar-refractivity contribution in [2.45, 2.75) is 18.9 Å². The van der Waals surface area contributed by atoms with Gasteiger partial charge in [0.15, 0.2) is 6.61 Å². The normalized spacial score (nSPS) is 17.7. The number of amides is 1. The predicted molar refractivity (Wildman–Crippen MR) is 70.4 cm³/mol. The fourth-order valence-corrected chi connectivity index (χ4v) is 1.87. The van der Waals surface area contributed by atoms with Crippen LogP contribution in [0.3, 0.4) is 0 Å². The van der Waals surface area contributed by atoms with Gasteiger partial charge >= 0.3 is 5.97 Å². The molecule has 1 aromatic carbocycles. The molecule has 0 aromatic heterocycles. The lowest BCUT2D eigenvalue weighted by Crippen LogP contribution is -2.20. The largest absolute Gasteiger partial charge is 0.491 e. The lowest BCUT2D eigenvalue weighted by molar-refractivity contribution is -0.121. The number of carbonyl (C=O) groups is 2. The molecule has 6 nitrogen and oxygen atoms in total. The molecule has 0 saturated carbocycles. The van der Waals surface area contributed by atoms with Crippen LogP contribution >= 0.6 is 0 Å². The van der Waals surface area contributed by atoms with Crippen molar-refractivity contribution in [1.82, 2.24) is 0 Å². The number of esters is 1. The third kappa shape index (κ3) is 4.24. The Bertz CT molecular complexity index is 465. The first-order chi connectivity index (χ1) is 9.65. The van der Waals surface area contributed by atoms with Crippen LogP contribution in [-0.2, 0) is 14.3 Å². The van der Waals surface area contributed by atoms with E-state index in [0.29, 0.717) is 17.9 Å². The van der Waals surface area contributed by atoms with E-state index in [1.165, 1.54) is 0 Å². The van der Waals surface area contributed by atoms with Gasteiger partial charge in [-0.3, -0.25) is 4.79 Å². The number of primary amides is 1. The van der Waals surface area contributed by atoms with E-state index in [2.05, 4.69) is 0 Å². The average molecular weight is 279 g/mol. The molecule has 1 amide bonds. The summed E-state index contributed by atoms with van der Waals surface area (Å²) in [6, 6.07) is 6.51. The van der Waals surface area contributed by atoms with Crippen molar-refractivity contribution in [1.29, 1.82) is 0 Å². The Morgan fingerprint density at radius 2 is 2.05 bits per heavy atom. The smallest absolute Gasteiger partial charge is 0.338 e. The van der Waals surface area contributed by atoms with Gasteiger partial charge in [-0.25, -0.2) is 4.79 Å². The van der Waals surface area contributed by atoms with Gasteiger partial charge in [-0.05, 0) is 37.1 Å². The Morgan fingerprint density at radius 1 is 1.30 bits per heavy atom. The van der Waals surface area contributed by atoms with E-state index in [1.54, 1.807) is 24.3 Å². The van der Waals surface area contributed by atoms with Gasteiger partial charge in [0.25, 0.3) is 5.91 Å². The Morgan fingerprint density at radius 3 is 2.65 bits per heavy atom. The summed E-state index contributed by atoms with van der Waals surface area (Å²) in [6.45, 7) is 0.875. The summed E-state index contributed by atoms with van der Waals surface area (Å²) in [5.41, 5.74) is 5.24. The van der Waals surface area contributed by atoms with Crippen LogP contribution in [0.15, 0.2) is 24.3 Å². The van der Waals surface area contributed by atoms with Crippen LogP contribution in [-0.4, -0.2) is 37.8 Å². The van der Waals surface area contributed by atoms with E-state index in [4.69, 9.17) is 19.9 Å². The molecule has 1 heterocycles. The second-order valence-electron chi connectivity index (χ2n) is 4.51. The minimum atomic E-state index is -0.685. The Kier molecular flexibility index (Phi) is 4.95. The standard InChI is InChI=1S/C14H17NO5/c15-13(16)9-20-14(17)10-3-5-11(6-4-10)19-8-12-2-1-7-18-12/h3-6,12H,1-2,7-9H2,(H2,15,16)/t12-/m0/s1. The van der Waals surface area contributed by atoms with E-state index in [-0.39, 0.29) is 6.10 Å². The summed E-state index contributed by atoms with van der Waals surface area (Å²) in [6.07, 6.45) is 2.23. The molecule has 1 aliphatic rings. The monoisotopic (exact) mass is 279 g/mol. The Balaban J connectivity index is 1.82. The average Bonchev–Trinajstić information content (AvgIpc) is 2.96.